The van der Waals surface area contributed by atoms with Crippen molar-refractivity contribution in [1.29, 1.82) is 0 Å². The molecule has 3 aliphatic rings. The second kappa shape index (κ2) is 14.1. The molecule has 0 saturated carbocycles. The number of ether oxygens (including phenoxy) is 2. The lowest BCUT2D eigenvalue weighted by Gasteiger charge is -2.41. The molecule has 3 rings (SSSR count). The van der Waals surface area contributed by atoms with Gasteiger partial charge in [-0.05, 0) is 50.9 Å². The van der Waals surface area contributed by atoms with Gasteiger partial charge in [-0.2, -0.15) is 0 Å². The van der Waals surface area contributed by atoms with E-state index in [1.807, 2.05) is 26.8 Å². The van der Waals surface area contributed by atoms with Gasteiger partial charge >= 0.3 is 5.97 Å². The molecule has 0 aliphatic carbocycles. The van der Waals surface area contributed by atoms with Gasteiger partial charge in [0.15, 0.2) is 0 Å². The summed E-state index contributed by atoms with van der Waals surface area (Å²) in [7, 11) is 0. The molecule has 226 valence electrons. The van der Waals surface area contributed by atoms with Crippen LogP contribution in [0, 0.1) is 17.8 Å². The predicted octanol–water partition coefficient (Wildman–Crippen LogP) is 4.65. The number of likely N-dealkylation sites (tertiary alicyclic amines) is 1. The maximum atomic E-state index is 14.5. The van der Waals surface area contributed by atoms with E-state index in [-0.39, 0.29) is 30.9 Å². The fourth-order valence-corrected chi connectivity index (χ4v) is 7.29. The molecule has 8 nitrogen and oxygen atoms in total. The summed E-state index contributed by atoms with van der Waals surface area (Å²) >= 11 is 0. The minimum absolute atomic E-state index is 0.0416. The average molecular weight is 561 g/mol. The third-order valence-electron chi connectivity index (χ3n) is 9.69. The first-order chi connectivity index (χ1) is 19.2. The van der Waals surface area contributed by atoms with Crippen molar-refractivity contribution in [2.24, 2.45) is 17.8 Å². The highest BCUT2D eigenvalue weighted by Crippen LogP contribution is 2.65. The Kier molecular flexibility index (Phi) is 11.4. The monoisotopic (exact) mass is 560 g/mol. The Morgan fingerprint density at radius 3 is 2.52 bits per heavy atom. The van der Waals surface area contributed by atoms with E-state index < -0.39 is 41.1 Å². The van der Waals surface area contributed by atoms with E-state index in [9.17, 15) is 19.5 Å². The Labute approximate surface area is 241 Å². The highest BCUT2D eigenvalue weighted by molar-refractivity contribution is 5.98. The number of unbranched alkanes of at least 4 members (excludes halogenated alkanes) is 4. The largest absolute Gasteiger partial charge is 0.465 e. The van der Waals surface area contributed by atoms with Gasteiger partial charge in [0.05, 0.1) is 30.8 Å². The molecule has 1 spiro atoms. The van der Waals surface area contributed by atoms with Crippen LogP contribution in [0.15, 0.2) is 25.3 Å². The van der Waals surface area contributed by atoms with Gasteiger partial charge < -0.3 is 24.4 Å². The Morgan fingerprint density at radius 2 is 1.93 bits per heavy atom. The molecular weight excluding hydrogens is 508 g/mol. The van der Waals surface area contributed by atoms with Crippen LogP contribution in [0.25, 0.3) is 0 Å². The van der Waals surface area contributed by atoms with Gasteiger partial charge in [0.2, 0.25) is 11.8 Å². The molecule has 40 heavy (non-hydrogen) atoms. The summed E-state index contributed by atoms with van der Waals surface area (Å²) in [5, 5.41) is 10.5. The Morgan fingerprint density at radius 1 is 1.18 bits per heavy atom. The smallest absolute Gasteiger partial charge is 0.312 e. The molecule has 3 aliphatic heterocycles. The normalized spacial score (nSPS) is 30.2. The van der Waals surface area contributed by atoms with Crippen molar-refractivity contribution >= 4 is 17.8 Å². The number of aliphatic hydroxyl groups is 1. The lowest BCUT2D eigenvalue weighted by atomic mass is 9.65. The SMILES string of the molecule is C=CCCCCOC(=O)[C@H]1[C@H]2C(=O)N([C@@H](CO)[C@@H](C)CC)C(C(=O)N(CC=C)CCCCC)C23CC[C@]1(CC)O3. The maximum Gasteiger partial charge on any atom is 0.312 e. The van der Waals surface area contributed by atoms with Crippen LogP contribution >= 0.6 is 0 Å². The average Bonchev–Trinajstić information content (AvgIpc) is 3.56. The Bertz CT molecular complexity index is 923. The molecule has 8 heteroatoms. The highest BCUT2D eigenvalue weighted by Gasteiger charge is 2.79. The summed E-state index contributed by atoms with van der Waals surface area (Å²) in [5.74, 6) is -2.49. The van der Waals surface area contributed by atoms with Crippen molar-refractivity contribution in [1.82, 2.24) is 9.80 Å². The first-order valence-electron chi connectivity index (χ1n) is 15.5. The van der Waals surface area contributed by atoms with Gasteiger partial charge in [-0.3, -0.25) is 14.4 Å². The van der Waals surface area contributed by atoms with Crippen LogP contribution in [0.3, 0.4) is 0 Å². The summed E-state index contributed by atoms with van der Waals surface area (Å²) in [6.45, 7) is 16.6. The van der Waals surface area contributed by atoms with E-state index in [4.69, 9.17) is 9.47 Å². The number of rotatable bonds is 18. The molecule has 0 aromatic carbocycles. The van der Waals surface area contributed by atoms with Crippen LogP contribution in [0.5, 0.6) is 0 Å². The molecule has 2 bridgehead atoms. The molecule has 0 aromatic rings. The van der Waals surface area contributed by atoms with E-state index in [0.717, 1.165) is 44.9 Å². The van der Waals surface area contributed by atoms with Crippen LogP contribution < -0.4 is 0 Å². The number of esters is 1. The van der Waals surface area contributed by atoms with E-state index in [0.29, 0.717) is 32.4 Å². The number of aliphatic hydroxyl groups excluding tert-OH is 1. The molecular formula is C32H52N2O6. The lowest BCUT2D eigenvalue weighted by Crippen LogP contribution is -2.60. The quantitative estimate of drug-likeness (QED) is 0.149. The van der Waals surface area contributed by atoms with E-state index >= 15 is 0 Å². The van der Waals surface area contributed by atoms with Gasteiger partial charge in [0, 0.05) is 13.1 Å². The second-order valence-electron chi connectivity index (χ2n) is 11.9. The van der Waals surface area contributed by atoms with Gasteiger partial charge in [0.1, 0.15) is 17.6 Å². The summed E-state index contributed by atoms with van der Waals surface area (Å²) in [4.78, 5) is 46.0. The number of hydrogen-bond donors (Lipinski definition) is 1. The first-order valence-corrected chi connectivity index (χ1v) is 15.5. The van der Waals surface area contributed by atoms with Crippen molar-refractivity contribution < 1.29 is 29.0 Å². The summed E-state index contributed by atoms with van der Waals surface area (Å²) < 4.78 is 12.6. The first kappa shape index (κ1) is 32.3. The lowest BCUT2D eigenvalue weighted by molar-refractivity contribution is -0.164. The van der Waals surface area contributed by atoms with E-state index in [1.165, 1.54) is 0 Å². The van der Waals surface area contributed by atoms with Crippen molar-refractivity contribution in [2.45, 2.75) is 115 Å². The van der Waals surface area contributed by atoms with Gasteiger partial charge in [-0.1, -0.05) is 59.1 Å². The standard InChI is InChI=1S/C32H52N2O6/c1-7-12-14-16-21-39-30(38)26-25-28(36)34(24(22-35)23(6)10-4)27(32(25)18-17-31(26,11-5)40-32)29(37)33(19-9-3)20-15-13-8-2/h7,9,23-27,35H,1,3,8,10-22H2,2,4-6H3/t23-,24-,25-,26+,27?,31-,32?/m0/s1. The molecule has 2 amide bonds. The van der Waals surface area contributed by atoms with Crippen LogP contribution in [0.1, 0.15) is 91.9 Å². The number of allylic oxidation sites excluding steroid dienone is 1. The molecule has 3 fully saturated rings. The fourth-order valence-electron chi connectivity index (χ4n) is 7.29. The van der Waals surface area contributed by atoms with E-state index in [1.54, 1.807) is 15.9 Å². The highest BCUT2D eigenvalue weighted by atomic mass is 16.6. The number of carbonyl (C=O) groups excluding carboxylic acids is 3. The Hall–Kier alpha value is -2.19. The molecule has 7 atom stereocenters. The molecule has 3 heterocycles. The fraction of sp³-hybridized carbons (Fsp3) is 0.781. The zero-order valence-electron chi connectivity index (χ0n) is 25.2. The van der Waals surface area contributed by atoms with Crippen LogP contribution in [0.4, 0.5) is 0 Å². The topological polar surface area (TPSA) is 96.4 Å². The molecule has 2 unspecified atom stereocenters. The summed E-state index contributed by atoms with van der Waals surface area (Å²) in [6.07, 6.45) is 11.3. The maximum absolute atomic E-state index is 14.5. The van der Waals surface area contributed by atoms with Crippen molar-refractivity contribution in [3.05, 3.63) is 25.3 Å². The number of fused-ring (bicyclic) bond motifs is 1. The van der Waals surface area contributed by atoms with Crippen LogP contribution in [-0.2, 0) is 23.9 Å². The molecule has 0 aromatic heterocycles. The zero-order valence-corrected chi connectivity index (χ0v) is 25.2. The number of carbonyl (C=O) groups is 3. The molecule has 1 N–H and O–H groups in total. The van der Waals surface area contributed by atoms with Crippen molar-refractivity contribution in [3.8, 4) is 0 Å². The number of nitrogens with zero attached hydrogens (tertiary/aromatic N) is 2. The summed E-state index contributed by atoms with van der Waals surface area (Å²) in [5.41, 5.74) is -1.96. The van der Waals surface area contributed by atoms with Crippen molar-refractivity contribution in [3.63, 3.8) is 0 Å². The third kappa shape index (κ3) is 5.76. The molecule has 0 radical (unpaired) electrons. The molecule has 3 saturated heterocycles. The summed E-state index contributed by atoms with van der Waals surface area (Å²) in [6, 6.07) is -1.46. The number of hydrogen-bond acceptors (Lipinski definition) is 6. The van der Waals surface area contributed by atoms with Crippen LogP contribution in [-0.4, -0.2) is 82.3 Å². The van der Waals surface area contributed by atoms with Crippen molar-refractivity contribution in [2.75, 3.05) is 26.3 Å². The van der Waals surface area contributed by atoms with E-state index in [2.05, 4.69) is 20.1 Å². The predicted molar refractivity (Wildman–Crippen MR) is 155 cm³/mol. The number of amides is 2. The van der Waals surface area contributed by atoms with Crippen LogP contribution in [0.2, 0.25) is 0 Å². The second-order valence-corrected chi connectivity index (χ2v) is 11.9. The minimum atomic E-state index is -1.12. The third-order valence-corrected chi connectivity index (χ3v) is 9.69. The van der Waals surface area contributed by atoms with Gasteiger partial charge in [-0.15, -0.1) is 13.2 Å². The zero-order chi connectivity index (χ0) is 29.5. The van der Waals surface area contributed by atoms with Gasteiger partial charge in [0.25, 0.3) is 0 Å². The Balaban J connectivity index is 2.04. The minimum Gasteiger partial charge on any atom is -0.465 e. The van der Waals surface area contributed by atoms with Gasteiger partial charge in [-0.25, -0.2) is 0 Å².